The molecule has 2 fully saturated rings. The molecule has 14 heteroatoms. The number of rotatable bonds is 14. The van der Waals surface area contributed by atoms with Crippen LogP contribution in [0.3, 0.4) is 0 Å². The van der Waals surface area contributed by atoms with Crippen LogP contribution >= 0.6 is 0 Å². The maximum atomic E-state index is 13.2. The Morgan fingerprint density at radius 2 is 1.10 bits per heavy atom. The minimum absolute atomic E-state index is 0.00685. The van der Waals surface area contributed by atoms with Crippen LogP contribution in [-0.2, 0) is 35.8 Å². The van der Waals surface area contributed by atoms with E-state index in [0.717, 1.165) is 35.4 Å². The van der Waals surface area contributed by atoms with Crippen LogP contribution < -0.4 is 21.8 Å². The molecule has 4 aromatic rings. The molecule has 0 saturated carbocycles. The smallest absolute Gasteiger partial charge is 0.258 e. The summed E-state index contributed by atoms with van der Waals surface area (Å²) < 4.78 is 3.65. The third-order valence-electron chi connectivity index (χ3n) is 12.9. The van der Waals surface area contributed by atoms with Crippen molar-refractivity contribution in [2.24, 2.45) is 23.7 Å². The van der Waals surface area contributed by atoms with E-state index < -0.39 is 12.1 Å². The van der Waals surface area contributed by atoms with Gasteiger partial charge in [-0.25, -0.2) is 0 Å². The Bertz CT molecular complexity index is 2200. The van der Waals surface area contributed by atoms with Gasteiger partial charge in [-0.05, 0) is 74.2 Å². The number of carbonyl (C=O) groups is 2. The molecule has 4 aliphatic rings. The fourth-order valence-corrected chi connectivity index (χ4v) is 10.3. The maximum absolute atomic E-state index is 13.2. The lowest BCUT2D eigenvalue weighted by molar-refractivity contribution is -0.128. The van der Waals surface area contributed by atoms with E-state index in [4.69, 9.17) is 0 Å². The third-order valence-corrected chi connectivity index (χ3v) is 12.9. The molecule has 0 radical (unpaired) electrons. The number of allylic oxidation sites excluding steroid dienone is 2. The number of amides is 2. The van der Waals surface area contributed by atoms with Crippen molar-refractivity contribution in [1.82, 2.24) is 39.5 Å². The van der Waals surface area contributed by atoms with Gasteiger partial charge < -0.3 is 30.0 Å². The number of carbonyl (C=O) groups excluding carboxylic acids is 2. The maximum Gasteiger partial charge on any atom is 0.258 e. The highest BCUT2D eigenvalue weighted by atomic mass is 16.3. The first-order chi connectivity index (χ1) is 30.2. The lowest BCUT2D eigenvalue weighted by Crippen LogP contribution is -2.48. The average molecular weight is 845 g/mol. The van der Waals surface area contributed by atoms with Crippen molar-refractivity contribution < 1.29 is 19.8 Å². The highest BCUT2D eigenvalue weighted by Crippen LogP contribution is 2.51. The van der Waals surface area contributed by atoms with Gasteiger partial charge in [-0.2, -0.15) is 0 Å². The van der Waals surface area contributed by atoms with E-state index >= 15 is 0 Å². The Hall–Kier alpha value is -5.54. The molecule has 2 saturated heterocycles. The molecule has 8 heterocycles. The largest absolute Gasteiger partial charge is 0.396 e. The Morgan fingerprint density at radius 1 is 0.677 bits per heavy atom. The zero-order valence-electron chi connectivity index (χ0n) is 36.1. The summed E-state index contributed by atoms with van der Waals surface area (Å²) in [6.45, 7) is 10.9. The number of nitrogens with one attached hydrogen (secondary N) is 2. The van der Waals surface area contributed by atoms with Crippen molar-refractivity contribution in [2.45, 2.75) is 90.9 Å². The summed E-state index contributed by atoms with van der Waals surface area (Å²) in [7, 11) is 0. The zero-order valence-corrected chi connectivity index (χ0v) is 36.1. The summed E-state index contributed by atoms with van der Waals surface area (Å²) in [5, 5.41) is 26.7. The van der Waals surface area contributed by atoms with E-state index in [1.807, 2.05) is 110 Å². The molecule has 4 aromatic heterocycles. The molecular formula is C48H60N8O6. The Balaban J connectivity index is 0.000000186. The molecular weight excluding hydrogens is 785 g/mol. The first-order valence-electron chi connectivity index (χ1n) is 22.0. The van der Waals surface area contributed by atoms with Crippen LogP contribution in [0.25, 0.3) is 12.2 Å². The monoisotopic (exact) mass is 844 g/mol. The molecule has 0 spiro atoms. The second-order valence-electron chi connectivity index (χ2n) is 16.7. The van der Waals surface area contributed by atoms with Crippen LogP contribution in [0.1, 0.15) is 86.3 Å². The van der Waals surface area contributed by atoms with Crippen molar-refractivity contribution in [3.8, 4) is 0 Å². The topological polar surface area (TPSA) is 175 Å². The summed E-state index contributed by atoms with van der Waals surface area (Å²) in [5.41, 5.74) is 5.10. The first kappa shape index (κ1) is 44.5. The molecule has 8 rings (SSSR count). The zero-order chi connectivity index (χ0) is 43.9. The standard InChI is InChI=1S/2C24H30N4O3/c2*1-3-6-17-8-9-20-21-18(14-27(20)24(17)31)19(15-29)22(23(30)26-10-4-2)28(21)13-16-7-5-11-25-12-16/h2*3,5-9,11-12,18-19,21-22,29H,4,10,13-15H2,1-2H3,(H,26,30)/b6-3+;6-3-/t2*18-,19-,21+,22-/m00/s1. The molecule has 328 valence electrons. The number of hydrogen-bond acceptors (Lipinski definition) is 10. The van der Waals surface area contributed by atoms with Gasteiger partial charge >= 0.3 is 0 Å². The van der Waals surface area contributed by atoms with Crippen LogP contribution in [0.15, 0.2) is 95.1 Å². The number of aliphatic hydroxyl groups excluding tert-OH is 2. The van der Waals surface area contributed by atoms with E-state index in [9.17, 15) is 29.4 Å². The fraction of sp³-hybridized carbons (Fsp3) is 0.458. The molecule has 4 N–H and O–H groups in total. The van der Waals surface area contributed by atoms with E-state index in [1.54, 1.807) is 24.8 Å². The van der Waals surface area contributed by atoms with Gasteiger partial charge in [-0.1, -0.05) is 50.3 Å². The SMILES string of the molecule is C/C=C/c1ccc2n(c1=O)C[C@H]1[C@H](CO)[C@@H](C(=O)NCCC)N(Cc3cccnc3)[C@@H]21.C/C=C\c1ccc2n(c1=O)C[C@H]1[C@H](CO)[C@@H](C(=O)NCCC)N(Cc3cccnc3)[C@@H]21. The van der Waals surface area contributed by atoms with Gasteiger partial charge in [0.1, 0.15) is 0 Å². The van der Waals surface area contributed by atoms with Crippen molar-refractivity contribution in [3.63, 3.8) is 0 Å². The number of likely N-dealkylation sites (tertiary alicyclic amines) is 2. The van der Waals surface area contributed by atoms with E-state index in [0.29, 0.717) is 50.4 Å². The van der Waals surface area contributed by atoms with Gasteiger partial charge in [0, 0.05) is 123 Å². The number of aromatic nitrogens is 4. The van der Waals surface area contributed by atoms with Gasteiger partial charge in [-0.3, -0.25) is 38.9 Å². The second kappa shape index (κ2) is 20.1. The molecule has 0 unspecified atom stereocenters. The second-order valence-corrected chi connectivity index (χ2v) is 16.7. The van der Waals surface area contributed by atoms with E-state index in [2.05, 4.69) is 30.4 Å². The minimum Gasteiger partial charge on any atom is -0.396 e. The third kappa shape index (κ3) is 8.61. The molecule has 0 bridgehead atoms. The lowest BCUT2D eigenvalue weighted by Gasteiger charge is -2.30. The number of fused-ring (bicyclic) bond motifs is 6. The number of pyridine rings is 4. The van der Waals surface area contributed by atoms with E-state index in [1.165, 1.54) is 0 Å². The Labute approximate surface area is 363 Å². The van der Waals surface area contributed by atoms with Crippen molar-refractivity contribution in [1.29, 1.82) is 0 Å². The Morgan fingerprint density at radius 3 is 1.44 bits per heavy atom. The lowest BCUT2D eigenvalue weighted by atomic mass is 9.88. The summed E-state index contributed by atoms with van der Waals surface area (Å²) in [6, 6.07) is 14.3. The van der Waals surface area contributed by atoms with Crippen LogP contribution in [-0.4, -0.2) is 89.3 Å². The van der Waals surface area contributed by atoms with E-state index in [-0.39, 0.29) is 71.9 Å². The van der Waals surface area contributed by atoms with Gasteiger partial charge in [-0.15, -0.1) is 0 Å². The molecule has 2 amide bonds. The van der Waals surface area contributed by atoms with Crippen LogP contribution in [0.5, 0.6) is 0 Å². The molecule has 14 nitrogen and oxygen atoms in total. The van der Waals surface area contributed by atoms with Gasteiger partial charge in [0.05, 0.1) is 24.2 Å². The highest BCUT2D eigenvalue weighted by Gasteiger charge is 2.56. The van der Waals surface area contributed by atoms with Gasteiger partial charge in [0.2, 0.25) is 11.8 Å². The average Bonchev–Trinajstić information content (AvgIpc) is 4.02. The predicted molar refractivity (Wildman–Crippen MR) is 238 cm³/mol. The van der Waals surface area contributed by atoms with Crippen LogP contribution in [0.4, 0.5) is 0 Å². The number of nitrogens with zero attached hydrogens (tertiary/aromatic N) is 6. The fourth-order valence-electron chi connectivity index (χ4n) is 10.3. The first-order valence-corrected chi connectivity index (χ1v) is 22.0. The van der Waals surface area contributed by atoms with Crippen molar-refractivity contribution in [2.75, 3.05) is 26.3 Å². The predicted octanol–water partition coefficient (Wildman–Crippen LogP) is 3.93. The van der Waals surface area contributed by atoms with Crippen molar-refractivity contribution in [3.05, 3.63) is 140 Å². The molecule has 62 heavy (non-hydrogen) atoms. The number of aliphatic hydroxyl groups is 2. The van der Waals surface area contributed by atoms with Crippen LogP contribution in [0.2, 0.25) is 0 Å². The molecule has 0 aromatic carbocycles. The van der Waals surface area contributed by atoms with Crippen LogP contribution in [0, 0.1) is 23.7 Å². The minimum atomic E-state index is -0.453. The quantitative estimate of drug-likeness (QED) is 0.146. The molecule has 8 atom stereocenters. The molecule has 0 aliphatic carbocycles. The summed E-state index contributed by atoms with van der Waals surface area (Å²) >= 11 is 0. The summed E-state index contributed by atoms with van der Waals surface area (Å²) in [4.78, 5) is 65.2. The highest BCUT2D eigenvalue weighted by molar-refractivity contribution is 5.83. The number of hydrogen-bond donors (Lipinski definition) is 4. The van der Waals surface area contributed by atoms with Gasteiger partial charge in [0.25, 0.3) is 11.1 Å². The molecule has 4 aliphatic heterocycles. The van der Waals surface area contributed by atoms with Gasteiger partial charge in [0.15, 0.2) is 0 Å². The summed E-state index contributed by atoms with van der Waals surface area (Å²) in [6.07, 6.45) is 16.1. The Kier molecular flexibility index (Phi) is 14.4. The van der Waals surface area contributed by atoms with Crippen molar-refractivity contribution >= 4 is 24.0 Å². The summed E-state index contributed by atoms with van der Waals surface area (Å²) in [5.74, 6) is -0.622. The normalized spacial score (nSPS) is 25.0.